The summed E-state index contributed by atoms with van der Waals surface area (Å²) < 4.78 is 15.9. The summed E-state index contributed by atoms with van der Waals surface area (Å²) in [6, 6.07) is 1.64. The Labute approximate surface area is 201 Å². The van der Waals surface area contributed by atoms with Gasteiger partial charge in [-0.05, 0) is 31.7 Å². The van der Waals surface area contributed by atoms with Gasteiger partial charge in [-0.2, -0.15) is 4.98 Å². The van der Waals surface area contributed by atoms with Crippen LogP contribution in [0.3, 0.4) is 0 Å². The van der Waals surface area contributed by atoms with Crippen molar-refractivity contribution in [1.82, 2.24) is 24.9 Å². The molecule has 6 rings (SSSR count). The highest BCUT2D eigenvalue weighted by molar-refractivity contribution is 6.39. The molecule has 2 atom stereocenters. The number of rotatable bonds is 3. The molecule has 184 valence electrons. The number of pyridine rings is 1. The SMILES string of the molecule is Cc1nc(C2CCCN(C(=O)C3=NOC4(CCCN(C(=O)c5ccnc6c5OCO6)C4)C3)C2)no1. The lowest BCUT2D eigenvalue weighted by molar-refractivity contribution is -0.125. The Morgan fingerprint density at radius 2 is 2.03 bits per heavy atom. The minimum Gasteiger partial charge on any atom is -0.451 e. The van der Waals surface area contributed by atoms with Crippen LogP contribution in [0.4, 0.5) is 0 Å². The molecule has 2 aromatic heterocycles. The third kappa shape index (κ3) is 3.96. The monoisotopic (exact) mass is 482 g/mol. The van der Waals surface area contributed by atoms with Crippen LogP contribution >= 0.6 is 0 Å². The van der Waals surface area contributed by atoms with Crippen molar-refractivity contribution in [2.75, 3.05) is 33.0 Å². The van der Waals surface area contributed by atoms with Gasteiger partial charge in [-0.25, -0.2) is 4.98 Å². The molecular weight excluding hydrogens is 456 g/mol. The van der Waals surface area contributed by atoms with Gasteiger partial charge in [-0.3, -0.25) is 9.59 Å². The number of amides is 2. The van der Waals surface area contributed by atoms with Crippen LogP contribution in [0.15, 0.2) is 21.9 Å². The van der Waals surface area contributed by atoms with Crippen molar-refractivity contribution in [1.29, 1.82) is 0 Å². The summed E-state index contributed by atoms with van der Waals surface area (Å²) in [4.78, 5) is 44.5. The number of hydrogen-bond donors (Lipinski definition) is 0. The number of ether oxygens (including phenoxy) is 2. The van der Waals surface area contributed by atoms with Crippen molar-refractivity contribution in [3.05, 3.63) is 29.5 Å². The fourth-order valence-corrected chi connectivity index (χ4v) is 5.32. The maximum atomic E-state index is 13.3. The number of hydrogen-bond acceptors (Lipinski definition) is 10. The van der Waals surface area contributed by atoms with Gasteiger partial charge in [-0.1, -0.05) is 10.3 Å². The van der Waals surface area contributed by atoms with Gasteiger partial charge in [0.05, 0.1) is 12.1 Å². The van der Waals surface area contributed by atoms with Crippen LogP contribution in [0.2, 0.25) is 0 Å². The molecule has 12 heteroatoms. The molecule has 0 N–H and O–H groups in total. The van der Waals surface area contributed by atoms with Crippen molar-refractivity contribution >= 4 is 17.5 Å². The first-order valence-corrected chi connectivity index (χ1v) is 11.9. The normalized spacial score (nSPS) is 25.5. The number of carbonyl (C=O) groups is 2. The minimum absolute atomic E-state index is 0.0399. The summed E-state index contributed by atoms with van der Waals surface area (Å²) >= 11 is 0. The fraction of sp³-hybridized carbons (Fsp3) is 0.565. The molecule has 2 aromatic rings. The third-order valence-electron chi connectivity index (χ3n) is 7.03. The average Bonchev–Trinajstić information content (AvgIpc) is 3.63. The molecule has 0 bridgehead atoms. The summed E-state index contributed by atoms with van der Waals surface area (Å²) in [5.41, 5.74) is 0.105. The van der Waals surface area contributed by atoms with E-state index in [4.69, 9.17) is 18.8 Å². The van der Waals surface area contributed by atoms with Crippen LogP contribution < -0.4 is 9.47 Å². The highest BCUT2D eigenvalue weighted by atomic mass is 16.7. The van der Waals surface area contributed by atoms with Crippen molar-refractivity contribution in [2.24, 2.45) is 5.16 Å². The lowest BCUT2D eigenvalue weighted by Gasteiger charge is -2.38. The molecule has 2 amide bonds. The van der Waals surface area contributed by atoms with Crippen molar-refractivity contribution < 1.29 is 28.4 Å². The molecule has 2 fully saturated rings. The van der Waals surface area contributed by atoms with E-state index >= 15 is 0 Å². The highest BCUT2D eigenvalue weighted by Gasteiger charge is 2.47. The number of likely N-dealkylation sites (tertiary alicyclic amines) is 2. The number of aromatic nitrogens is 3. The van der Waals surface area contributed by atoms with Crippen LogP contribution in [-0.2, 0) is 9.63 Å². The molecule has 35 heavy (non-hydrogen) atoms. The second kappa shape index (κ2) is 8.51. The van der Waals surface area contributed by atoms with E-state index in [1.807, 2.05) is 0 Å². The van der Waals surface area contributed by atoms with Gasteiger partial charge in [0.25, 0.3) is 17.7 Å². The van der Waals surface area contributed by atoms with Crippen molar-refractivity contribution in [3.8, 4) is 11.6 Å². The smallest absolute Gasteiger partial charge is 0.271 e. The summed E-state index contributed by atoms with van der Waals surface area (Å²) in [5.74, 6) is 1.59. The Bertz CT molecular complexity index is 1200. The largest absolute Gasteiger partial charge is 0.451 e. The first-order valence-electron chi connectivity index (χ1n) is 11.9. The lowest BCUT2D eigenvalue weighted by atomic mass is 9.87. The molecule has 2 saturated heterocycles. The quantitative estimate of drug-likeness (QED) is 0.640. The molecular formula is C23H26N6O6. The molecule has 6 heterocycles. The number of carbonyl (C=O) groups excluding carboxylic acids is 2. The number of nitrogens with zero attached hydrogens (tertiary/aromatic N) is 6. The topological polar surface area (TPSA) is 132 Å². The summed E-state index contributed by atoms with van der Waals surface area (Å²) in [6.45, 7) is 3.90. The number of aryl methyl sites for hydroxylation is 1. The molecule has 4 aliphatic rings. The van der Waals surface area contributed by atoms with Crippen LogP contribution in [-0.4, -0.2) is 81.0 Å². The van der Waals surface area contributed by atoms with Gasteiger partial charge >= 0.3 is 0 Å². The lowest BCUT2D eigenvalue weighted by Crippen LogP contribution is -2.51. The van der Waals surface area contributed by atoms with Gasteiger partial charge in [-0.15, -0.1) is 0 Å². The second-order valence-electron chi connectivity index (χ2n) is 9.48. The van der Waals surface area contributed by atoms with Crippen LogP contribution in [0.5, 0.6) is 11.6 Å². The van der Waals surface area contributed by atoms with Gasteiger partial charge in [0, 0.05) is 45.1 Å². The molecule has 0 radical (unpaired) electrons. The zero-order chi connectivity index (χ0) is 24.0. The predicted octanol–water partition coefficient (Wildman–Crippen LogP) is 1.66. The van der Waals surface area contributed by atoms with E-state index in [0.29, 0.717) is 67.2 Å². The molecule has 2 unspecified atom stereocenters. The average molecular weight is 482 g/mol. The third-order valence-corrected chi connectivity index (χ3v) is 7.03. The van der Waals surface area contributed by atoms with E-state index < -0.39 is 5.60 Å². The van der Waals surface area contributed by atoms with Crippen molar-refractivity contribution in [3.63, 3.8) is 0 Å². The maximum Gasteiger partial charge on any atom is 0.271 e. The maximum absolute atomic E-state index is 13.3. The minimum atomic E-state index is -0.702. The predicted molar refractivity (Wildman–Crippen MR) is 119 cm³/mol. The number of fused-ring (bicyclic) bond motifs is 1. The van der Waals surface area contributed by atoms with E-state index in [1.54, 1.807) is 22.8 Å². The van der Waals surface area contributed by atoms with Crippen molar-refractivity contribution in [2.45, 2.75) is 50.5 Å². The van der Waals surface area contributed by atoms with E-state index in [9.17, 15) is 9.59 Å². The standard InChI is InChI=1S/C23H26N6O6/c1-14-25-19(27-34-14)15-4-2-8-28(11-15)22(31)17-10-23(35-26-17)6-3-9-29(12-23)21(30)16-5-7-24-20-18(16)32-13-33-20/h5,7,15H,2-4,6,8-13H2,1H3. The number of oxime groups is 1. The van der Waals surface area contributed by atoms with Gasteiger partial charge in [0.1, 0.15) is 5.71 Å². The zero-order valence-corrected chi connectivity index (χ0v) is 19.4. The molecule has 12 nitrogen and oxygen atoms in total. The van der Waals surface area contributed by atoms with Gasteiger partial charge in [0.15, 0.2) is 17.2 Å². The fourth-order valence-electron chi connectivity index (χ4n) is 5.32. The number of piperidine rings is 2. The van der Waals surface area contributed by atoms with Crippen LogP contribution in [0.1, 0.15) is 60.1 Å². The van der Waals surface area contributed by atoms with E-state index in [2.05, 4.69) is 20.3 Å². The van der Waals surface area contributed by atoms with E-state index in [0.717, 1.165) is 25.7 Å². The van der Waals surface area contributed by atoms with Crippen LogP contribution in [0, 0.1) is 6.92 Å². The highest BCUT2D eigenvalue weighted by Crippen LogP contribution is 2.38. The molecule has 4 aliphatic heterocycles. The molecule has 0 aromatic carbocycles. The Balaban J connectivity index is 1.12. The Morgan fingerprint density at radius 3 is 2.89 bits per heavy atom. The Hall–Kier alpha value is -3.70. The van der Waals surface area contributed by atoms with E-state index in [-0.39, 0.29) is 24.5 Å². The molecule has 1 spiro atoms. The first kappa shape index (κ1) is 21.8. The molecule has 0 saturated carbocycles. The Morgan fingerprint density at radius 1 is 1.14 bits per heavy atom. The van der Waals surface area contributed by atoms with E-state index in [1.165, 1.54) is 6.20 Å². The summed E-state index contributed by atoms with van der Waals surface area (Å²) in [7, 11) is 0. The van der Waals surface area contributed by atoms with Gasteiger partial charge in [0.2, 0.25) is 12.7 Å². The summed E-state index contributed by atoms with van der Waals surface area (Å²) in [6.07, 6.45) is 5.13. The zero-order valence-electron chi connectivity index (χ0n) is 19.4. The Kier molecular flexibility index (Phi) is 5.30. The summed E-state index contributed by atoms with van der Waals surface area (Å²) in [5, 5.41) is 8.23. The first-order chi connectivity index (χ1) is 17.0. The van der Waals surface area contributed by atoms with Gasteiger partial charge < -0.3 is 28.6 Å². The second-order valence-corrected chi connectivity index (χ2v) is 9.48. The molecule has 0 aliphatic carbocycles. The van der Waals surface area contributed by atoms with Crippen LogP contribution in [0.25, 0.3) is 0 Å².